The normalized spacial score (nSPS) is 10.2. The monoisotopic (exact) mass is 369 g/mol. The molecule has 0 aliphatic carbocycles. The lowest BCUT2D eigenvalue weighted by Crippen LogP contribution is -2.35. The van der Waals surface area contributed by atoms with Gasteiger partial charge in [0.05, 0.1) is 0 Å². The average Bonchev–Trinajstić information content (AvgIpc) is 2.49. The summed E-state index contributed by atoms with van der Waals surface area (Å²) in [6.07, 6.45) is 0. The smallest absolute Gasteiger partial charge is 0.501 e. The van der Waals surface area contributed by atoms with Crippen molar-refractivity contribution in [1.82, 2.24) is 0 Å². The molecule has 0 fully saturated rings. The Morgan fingerprint density at radius 2 is 1.48 bits per heavy atom. The number of hydrogen-bond acceptors (Lipinski definition) is 4. The Balaban J connectivity index is 2.02. The van der Waals surface area contributed by atoms with Gasteiger partial charge in [-0.15, -0.1) is 0 Å². The number of hydrogen-bond donors (Lipinski definition) is 1. The van der Waals surface area contributed by atoms with Crippen LogP contribution in [0.15, 0.2) is 53.0 Å². The van der Waals surface area contributed by atoms with Crippen molar-refractivity contribution in [3.8, 4) is 11.5 Å². The first kappa shape index (κ1) is 16.2. The molecule has 0 radical (unpaired) electrons. The van der Waals surface area contributed by atoms with E-state index in [9.17, 15) is 0 Å². The summed E-state index contributed by atoms with van der Waals surface area (Å²) in [6, 6.07) is 14.3. The van der Waals surface area contributed by atoms with E-state index in [0.717, 1.165) is 4.47 Å². The van der Waals surface area contributed by atoms with Gasteiger partial charge in [0.2, 0.25) is 0 Å². The standard InChI is InChI=1S/C14H14BBrClNO3/c16-11-1-5-13(6-2-11)20-15(19-10-9-18)21-14-7-3-12(17)4-8-14/h1-8H,9-10,18H2. The molecule has 0 saturated heterocycles. The minimum Gasteiger partial charge on any atom is -0.501 e. The minimum absolute atomic E-state index is 0.328. The third kappa shape index (κ3) is 5.59. The number of benzene rings is 2. The van der Waals surface area contributed by atoms with Crippen LogP contribution in [-0.4, -0.2) is 20.5 Å². The van der Waals surface area contributed by atoms with E-state index in [1.165, 1.54) is 0 Å². The van der Waals surface area contributed by atoms with E-state index in [0.29, 0.717) is 29.7 Å². The molecule has 0 spiro atoms. The van der Waals surface area contributed by atoms with Crippen molar-refractivity contribution in [1.29, 1.82) is 0 Å². The minimum atomic E-state index is -0.879. The average molecular weight is 370 g/mol. The highest BCUT2D eigenvalue weighted by Crippen LogP contribution is 2.19. The number of nitrogens with two attached hydrogens (primary N) is 1. The summed E-state index contributed by atoms with van der Waals surface area (Å²) in [7, 11) is -0.879. The van der Waals surface area contributed by atoms with Crippen molar-refractivity contribution < 1.29 is 14.0 Å². The molecule has 2 rings (SSSR count). The van der Waals surface area contributed by atoms with Crippen LogP contribution in [0.5, 0.6) is 11.5 Å². The number of rotatable bonds is 7. The molecule has 2 aromatic carbocycles. The van der Waals surface area contributed by atoms with E-state index in [1.807, 2.05) is 24.3 Å². The fourth-order valence-electron chi connectivity index (χ4n) is 1.50. The fraction of sp³-hybridized carbons (Fsp3) is 0.143. The molecule has 2 N–H and O–H groups in total. The Morgan fingerprint density at radius 1 is 0.952 bits per heavy atom. The van der Waals surface area contributed by atoms with Gasteiger partial charge in [-0.2, -0.15) is 0 Å². The largest absolute Gasteiger partial charge is 0.788 e. The molecule has 0 atom stereocenters. The second-order valence-corrected chi connectivity index (χ2v) is 5.44. The van der Waals surface area contributed by atoms with Gasteiger partial charge < -0.3 is 19.7 Å². The van der Waals surface area contributed by atoms with Gasteiger partial charge in [-0.1, -0.05) is 27.5 Å². The SMILES string of the molecule is NCCOB(Oc1ccc(Cl)cc1)Oc1ccc(Br)cc1. The van der Waals surface area contributed by atoms with E-state index < -0.39 is 7.32 Å². The van der Waals surface area contributed by atoms with Crippen LogP contribution in [0, 0.1) is 0 Å². The first-order valence-corrected chi connectivity index (χ1v) is 7.50. The van der Waals surface area contributed by atoms with Crippen LogP contribution in [0.4, 0.5) is 0 Å². The molecule has 110 valence electrons. The summed E-state index contributed by atoms with van der Waals surface area (Å²) in [5.41, 5.74) is 5.44. The molecule has 7 heteroatoms. The van der Waals surface area contributed by atoms with Gasteiger partial charge >= 0.3 is 7.32 Å². The van der Waals surface area contributed by atoms with Crippen molar-refractivity contribution in [2.45, 2.75) is 0 Å². The first-order chi connectivity index (χ1) is 10.2. The molecular formula is C14H14BBrClNO3. The van der Waals surface area contributed by atoms with Crippen LogP contribution in [-0.2, 0) is 4.65 Å². The van der Waals surface area contributed by atoms with Crippen molar-refractivity contribution in [3.63, 3.8) is 0 Å². The summed E-state index contributed by atoms with van der Waals surface area (Å²) < 4.78 is 17.7. The van der Waals surface area contributed by atoms with Crippen molar-refractivity contribution in [2.24, 2.45) is 5.73 Å². The molecule has 0 amide bonds. The lowest BCUT2D eigenvalue weighted by molar-refractivity contribution is 0.206. The Labute approximate surface area is 137 Å². The predicted molar refractivity (Wildman–Crippen MR) is 87.6 cm³/mol. The van der Waals surface area contributed by atoms with Crippen LogP contribution in [0.1, 0.15) is 0 Å². The van der Waals surface area contributed by atoms with Gasteiger partial charge in [0.1, 0.15) is 11.5 Å². The van der Waals surface area contributed by atoms with Gasteiger partial charge in [0.15, 0.2) is 0 Å². The van der Waals surface area contributed by atoms with E-state index in [1.54, 1.807) is 24.3 Å². The fourth-order valence-corrected chi connectivity index (χ4v) is 1.90. The van der Waals surface area contributed by atoms with Crippen LogP contribution in [0.25, 0.3) is 0 Å². The van der Waals surface area contributed by atoms with Gasteiger partial charge in [0, 0.05) is 22.6 Å². The quantitative estimate of drug-likeness (QED) is 0.758. The molecule has 0 bridgehead atoms. The summed E-state index contributed by atoms with van der Waals surface area (Å²) in [5, 5.41) is 0.635. The first-order valence-electron chi connectivity index (χ1n) is 6.33. The maximum Gasteiger partial charge on any atom is 0.788 e. The Morgan fingerprint density at radius 3 is 2.00 bits per heavy atom. The second kappa shape index (κ2) is 8.29. The zero-order chi connectivity index (χ0) is 15.1. The molecule has 0 aliphatic heterocycles. The molecular weight excluding hydrogens is 356 g/mol. The maximum atomic E-state index is 5.84. The Kier molecular flexibility index (Phi) is 6.38. The molecule has 0 heterocycles. The molecule has 0 aliphatic rings. The van der Waals surface area contributed by atoms with Crippen LogP contribution in [0.3, 0.4) is 0 Å². The molecule has 21 heavy (non-hydrogen) atoms. The van der Waals surface area contributed by atoms with Gasteiger partial charge in [-0.05, 0) is 48.5 Å². The molecule has 0 aromatic heterocycles. The highest BCUT2D eigenvalue weighted by Gasteiger charge is 2.26. The third-order valence-electron chi connectivity index (χ3n) is 2.46. The van der Waals surface area contributed by atoms with Gasteiger partial charge in [-0.25, -0.2) is 0 Å². The zero-order valence-electron chi connectivity index (χ0n) is 11.2. The lowest BCUT2D eigenvalue weighted by Gasteiger charge is -2.15. The Bertz CT molecular complexity index is 506. The molecule has 0 unspecified atom stereocenters. The van der Waals surface area contributed by atoms with Crippen LogP contribution < -0.4 is 15.0 Å². The van der Waals surface area contributed by atoms with Crippen LogP contribution in [0.2, 0.25) is 5.02 Å². The third-order valence-corrected chi connectivity index (χ3v) is 3.24. The molecule has 4 nitrogen and oxygen atoms in total. The zero-order valence-corrected chi connectivity index (χ0v) is 13.5. The van der Waals surface area contributed by atoms with Crippen LogP contribution >= 0.6 is 27.5 Å². The van der Waals surface area contributed by atoms with Crippen molar-refractivity contribution >= 4 is 34.9 Å². The summed E-state index contributed by atoms with van der Waals surface area (Å²) in [5.74, 6) is 1.23. The maximum absolute atomic E-state index is 5.84. The van der Waals surface area contributed by atoms with E-state index >= 15 is 0 Å². The summed E-state index contributed by atoms with van der Waals surface area (Å²) in [4.78, 5) is 0. The second-order valence-electron chi connectivity index (χ2n) is 4.09. The van der Waals surface area contributed by atoms with Gasteiger partial charge in [-0.3, -0.25) is 0 Å². The molecule has 0 saturated carbocycles. The Hall–Kier alpha value is -1.21. The van der Waals surface area contributed by atoms with Gasteiger partial charge in [0.25, 0.3) is 0 Å². The topological polar surface area (TPSA) is 53.7 Å². The summed E-state index contributed by atoms with van der Waals surface area (Å²) >= 11 is 9.20. The van der Waals surface area contributed by atoms with E-state index in [-0.39, 0.29) is 0 Å². The predicted octanol–water partition coefficient (Wildman–Crippen LogP) is 3.52. The lowest BCUT2D eigenvalue weighted by atomic mass is 10.2. The summed E-state index contributed by atoms with van der Waals surface area (Å²) in [6.45, 7) is 0.707. The highest BCUT2D eigenvalue weighted by molar-refractivity contribution is 9.10. The molecule has 2 aromatic rings. The van der Waals surface area contributed by atoms with Crippen molar-refractivity contribution in [2.75, 3.05) is 13.2 Å². The van der Waals surface area contributed by atoms with Crippen molar-refractivity contribution in [3.05, 3.63) is 58.0 Å². The van der Waals surface area contributed by atoms with E-state index in [4.69, 9.17) is 31.3 Å². The van der Waals surface area contributed by atoms with E-state index in [2.05, 4.69) is 15.9 Å². The highest BCUT2D eigenvalue weighted by atomic mass is 79.9. The number of halogens is 2.